The summed E-state index contributed by atoms with van der Waals surface area (Å²) in [6.45, 7) is 5.96. The normalized spacial score (nSPS) is 12.1. The zero-order valence-corrected chi connectivity index (χ0v) is 20.1. The van der Waals surface area contributed by atoms with Crippen molar-refractivity contribution in [2.24, 2.45) is 0 Å². The van der Waals surface area contributed by atoms with Crippen LogP contribution < -0.4 is 5.69 Å². The van der Waals surface area contributed by atoms with Gasteiger partial charge in [-0.1, -0.05) is 0 Å². The minimum Gasteiger partial charge on any atom is -0.444 e. The molecular weight excluding hydrogens is 500 g/mol. The summed E-state index contributed by atoms with van der Waals surface area (Å²) in [6.07, 6.45) is 3.10. The van der Waals surface area contributed by atoms with E-state index in [1.54, 1.807) is 40.2 Å². The fraction of sp³-hybridized carbons (Fsp3) is 0.364. The molecule has 1 amide bonds. The molecule has 0 aliphatic rings. The Morgan fingerprint density at radius 2 is 1.91 bits per heavy atom. The zero-order valence-electron chi connectivity index (χ0n) is 18.5. The van der Waals surface area contributed by atoms with Crippen LogP contribution in [0.3, 0.4) is 0 Å². The number of aryl methyl sites for hydroxylation is 1. The monoisotopic (exact) mass is 521 g/mol. The second-order valence-corrected chi connectivity index (χ2v) is 9.59. The van der Waals surface area contributed by atoms with Gasteiger partial charge in [0.05, 0.1) is 26.4 Å². The number of imidazole rings is 1. The predicted octanol–water partition coefficient (Wildman–Crippen LogP) is 4.50. The molecule has 3 heterocycles. The highest BCUT2D eigenvalue weighted by molar-refractivity contribution is 9.10. The standard InChI is InChI=1S/C22H22BrF2N5O3/c1-22(2,3)33-21(32)28(4)6-5-7-29-18-12(10-26-11-13(18)23)19-27-16-8-14(24)15(25)9-17(16)30(19)20(29)31/h8-11H,5-7H2,1-4H3. The third kappa shape index (κ3) is 4.29. The molecular formula is C22H22BrF2N5O3. The molecule has 0 aliphatic heterocycles. The lowest BCUT2D eigenvalue weighted by Gasteiger charge is -2.24. The number of hydrogen-bond donors (Lipinski definition) is 0. The van der Waals surface area contributed by atoms with Crippen molar-refractivity contribution in [2.75, 3.05) is 13.6 Å². The van der Waals surface area contributed by atoms with Crippen LogP contribution in [0.2, 0.25) is 0 Å². The van der Waals surface area contributed by atoms with Crippen LogP contribution in [0.25, 0.3) is 27.6 Å². The lowest BCUT2D eigenvalue weighted by atomic mass is 10.2. The molecule has 4 aromatic rings. The van der Waals surface area contributed by atoms with Gasteiger partial charge in [-0.3, -0.25) is 9.55 Å². The van der Waals surface area contributed by atoms with E-state index in [0.29, 0.717) is 28.3 Å². The Balaban J connectivity index is 1.78. The Morgan fingerprint density at radius 1 is 1.21 bits per heavy atom. The molecule has 3 aromatic heterocycles. The first-order valence-electron chi connectivity index (χ1n) is 10.3. The van der Waals surface area contributed by atoms with Gasteiger partial charge in [0.15, 0.2) is 17.3 Å². The first kappa shape index (κ1) is 23.1. The molecule has 0 aliphatic carbocycles. The summed E-state index contributed by atoms with van der Waals surface area (Å²) in [5, 5.41) is 0.543. The Bertz CT molecular complexity index is 1460. The smallest absolute Gasteiger partial charge is 0.410 e. The van der Waals surface area contributed by atoms with Crippen LogP contribution in [0.5, 0.6) is 0 Å². The highest BCUT2D eigenvalue weighted by Gasteiger charge is 2.21. The fourth-order valence-electron chi connectivity index (χ4n) is 3.63. The lowest BCUT2D eigenvalue weighted by Crippen LogP contribution is -2.35. The highest BCUT2D eigenvalue weighted by atomic mass is 79.9. The zero-order chi connectivity index (χ0) is 24.1. The van der Waals surface area contributed by atoms with Gasteiger partial charge in [-0.25, -0.2) is 27.8 Å². The number of halogens is 3. The van der Waals surface area contributed by atoms with Crippen molar-refractivity contribution in [1.29, 1.82) is 0 Å². The number of pyridine rings is 1. The van der Waals surface area contributed by atoms with E-state index in [1.807, 2.05) is 0 Å². The van der Waals surface area contributed by atoms with Crippen molar-refractivity contribution in [3.05, 3.63) is 51.1 Å². The number of benzene rings is 1. The largest absolute Gasteiger partial charge is 0.444 e. The molecule has 4 rings (SSSR count). The molecule has 0 N–H and O–H groups in total. The third-order valence-corrected chi connectivity index (χ3v) is 5.66. The second kappa shape index (κ2) is 8.36. The summed E-state index contributed by atoms with van der Waals surface area (Å²) in [7, 11) is 1.62. The van der Waals surface area contributed by atoms with E-state index in [1.165, 1.54) is 13.9 Å². The van der Waals surface area contributed by atoms with Crippen LogP contribution >= 0.6 is 15.9 Å². The van der Waals surface area contributed by atoms with Gasteiger partial charge in [-0.2, -0.15) is 0 Å². The van der Waals surface area contributed by atoms with Crippen LogP contribution in [0.1, 0.15) is 27.2 Å². The number of ether oxygens (including phenoxy) is 1. The van der Waals surface area contributed by atoms with Crippen LogP contribution in [0, 0.1) is 11.6 Å². The van der Waals surface area contributed by atoms with Gasteiger partial charge < -0.3 is 9.64 Å². The van der Waals surface area contributed by atoms with E-state index in [0.717, 1.165) is 12.1 Å². The number of carbonyl (C=O) groups excluding carboxylic acids is 1. The van der Waals surface area contributed by atoms with E-state index in [9.17, 15) is 18.4 Å². The number of amides is 1. The topological polar surface area (TPSA) is 81.7 Å². The van der Waals surface area contributed by atoms with Crippen molar-refractivity contribution >= 4 is 49.6 Å². The molecule has 0 atom stereocenters. The molecule has 33 heavy (non-hydrogen) atoms. The molecule has 0 saturated carbocycles. The second-order valence-electron chi connectivity index (χ2n) is 8.73. The SMILES string of the molecule is CN(CCCn1c(=O)n2c3cc(F)c(F)cc3nc2c2cncc(Br)c21)C(=O)OC(C)(C)C. The van der Waals surface area contributed by atoms with Gasteiger partial charge in [0, 0.05) is 44.7 Å². The molecule has 174 valence electrons. The van der Waals surface area contributed by atoms with Crippen LogP contribution in [-0.2, 0) is 11.3 Å². The van der Waals surface area contributed by atoms with Crippen molar-refractivity contribution < 1.29 is 18.3 Å². The average Bonchev–Trinajstić information content (AvgIpc) is 3.08. The van der Waals surface area contributed by atoms with E-state index in [4.69, 9.17) is 4.74 Å². The molecule has 0 spiro atoms. The minimum absolute atomic E-state index is 0.162. The lowest BCUT2D eigenvalue weighted by molar-refractivity contribution is 0.0295. The Kier molecular flexibility index (Phi) is 5.85. The van der Waals surface area contributed by atoms with Gasteiger partial charge in [0.1, 0.15) is 5.60 Å². The molecule has 0 radical (unpaired) electrons. The number of fused-ring (bicyclic) bond motifs is 5. The van der Waals surface area contributed by atoms with E-state index >= 15 is 0 Å². The summed E-state index contributed by atoms with van der Waals surface area (Å²) in [5.41, 5.74) is 0.0611. The fourth-order valence-corrected chi connectivity index (χ4v) is 4.18. The van der Waals surface area contributed by atoms with Gasteiger partial charge in [0.25, 0.3) is 0 Å². The molecule has 8 nitrogen and oxygen atoms in total. The van der Waals surface area contributed by atoms with Crippen molar-refractivity contribution in [1.82, 2.24) is 23.8 Å². The summed E-state index contributed by atoms with van der Waals surface area (Å²) < 4.78 is 36.4. The first-order valence-corrected chi connectivity index (χ1v) is 11.0. The van der Waals surface area contributed by atoms with E-state index in [2.05, 4.69) is 25.9 Å². The summed E-state index contributed by atoms with van der Waals surface area (Å²) >= 11 is 3.45. The number of rotatable bonds is 4. The highest BCUT2D eigenvalue weighted by Crippen LogP contribution is 2.27. The van der Waals surface area contributed by atoms with Crippen LogP contribution in [0.4, 0.5) is 13.6 Å². The molecule has 0 saturated heterocycles. The summed E-state index contributed by atoms with van der Waals surface area (Å²) in [4.78, 5) is 35.7. The maximum Gasteiger partial charge on any atom is 0.410 e. The number of nitrogens with zero attached hydrogens (tertiary/aromatic N) is 5. The quantitative estimate of drug-likeness (QED) is 0.395. The molecule has 0 bridgehead atoms. The van der Waals surface area contributed by atoms with Crippen LogP contribution in [-0.4, -0.2) is 49.1 Å². The van der Waals surface area contributed by atoms with E-state index < -0.39 is 29.0 Å². The maximum absolute atomic E-state index is 14.0. The average molecular weight is 522 g/mol. The predicted molar refractivity (Wildman–Crippen MR) is 123 cm³/mol. The van der Waals surface area contributed by atoms with Crippen LogP contribution in [0.15, 0.2) is 33.8 Å². The Labute approximate surface area is 195 Å². The summed E-state index contributed by atoms with van der Waals surface area (Å²) in [5.74, 6) is -2.11. The van der Waals surface area contributed by atoms with Crippen molar-refractivity contribution in [3.8, 4) is 0 Å². The van der Waals surface area contributed by atoms with Gasteiger partial charge >= 0.3 is 11.8 Å². The molecule has 11 heteroatoms. The summed E-state index contributed by atoms with van der Waals surface area (Å²) in [6, 6.07) is 1.93. The van der Waals surface area contributed by atoms with Crippen molar-refractivity contribution in [3.63, 3.8) is 0 Å². The Hall–Kier alpha value is -3.08. The van der Waals surface area contributed by atoms with Gasteiger partial charge in [-0.05, 0) is 43.1 Å². The van der Waals surface area contributed by atoms with E-state index in [-0.39, 0.29) is 23.2 Å². The third-order valence-electron chi connectivity index (χ3n) is 5.08. The van der Waals surface area contributed by atoms with Gasteiger partial charge in [0.2, 0.25) is 0 Å². The minimum atomic E-state index is -1.07. The Morgan fingerprint density at radius 3 is 2.61 bits per heavy atom. The molecule has 0 fully saturated rings. The van der Waals surface area contributed by atoms with Crippen molar-refractivity contribution in [2.45, 2.75) is 39.3 Å². The molecule has 0 unspecified atom stereocenters. The molecule has 1 aromatic carbocycles. The number of hydrogen-bond acceptors (Lipinski definition) is 5. The van der Waals surface area contributed by atoms with Gasteiger partial charge in [-0.15, -0.1) is 0 Å². The number of aromatic nitrogens is 4. The number of carbonyl (C=O) groups is 1. The first-order chi connectivity index (χ1) is 15.5. The maximum atomic E-state index is 14.0.